The molecule has 0 unspecified atom stereocenters. The Morgan fingerprint density at radius 2 is 1.93 bits per heavy atom. The first-order valence-electron chi connectivity index (χ1n) is 11.3. The van der Waals surface area contributed by atoms with Crippen molar-refractivity contribution in [2.45, 2.75) is 66.0 Å². The minimum atomic E-state index is -0.498. The number of hydrogen-bond acceptors (Lipinski definition) is 3. The predicted molar refractivity (Wildman–Crippen MR) is 124 cm³/mol. The van der Waals surface area contributed by atoms with Crippen molar-refractivity contribution in [1.29, 1.82) is 0 Å². The van der Waals surface area contributed by atoms with E-state index in [-0.39, 0.29) is 11.9 Å². The number of nitrogens with one attached hydrogen (secondary N) is 1. The van der Waals surface area contributed by atoms with Gasteiger partial charge in [0, 0.05) is 18.8 Å². The maximum atomic E-state index is 12.9. The highest BCUT2D eigenvalue weighted by atomic mass is 16.5. The zero-order chi connectivity index (χ0) is 21.7. The first kappa shape index (κ1) is 22.2. The van der Waals surface area contributed by atoms with Crippen LogP contribution in [0.25, 0.3) is 0 Å². The van der Waals surface area contributed by atoms with Gasteiger partial charge >= 0.3 is 0 Å². The summed E-state index contributed by atoms with van der Waals surface area (Å²) in [4.78, 5) is 15.3. The molecule has 0 aromatic heterocycles. The maximum absolute atomic E-state index is 12.9. The minimum absolute atomic E-state index is 0.0666. The normalized spacial score (nSPS) is 18.6. The van der Waals surface area contributed by atoms with Gasteiger partial charge in [-0.05, 0) is 80.8 Å². The predicted octanol–water partition coefficient (Wildman–Crippen LogP) is 5.57. The Hall–Kier alpha value is -2.49. The number of rotatable bonds is 7. The van der Waals surface area contributed by atoms with Crippen molar-refractivity contribution >= 4 is 11.6 Å². The van der Waals surface area contributed by atoms with Gasteiger partial charge in [0.05, 0.1) is 6.04 Å². The molecule has 4 nitrogen and oxygen atoms in total. The lowest BCUT2D eigenvalue weighted by Crippen LogP contribution is -2.39. The van der Waals surface area contributed by atoms with E-state index in [2.05, 4.69) is 54.4 Å². The smallest absolute Gasteiger partial charge is 0.261 e. The summed E-state index contributed by atoms with van der Waals surface area (Å²) in [5.41, 5.74) is 4.63. The van der Waals surface area contributed by atoms with Crippen molar-refractivity contribution in [1.82, 2.24) is 5.32 Å². The molecule has 0 saturated carbocycles. The van der Waals surface area contributed by atoms with E-state index in [4.69, 9.17) is 4.74 Å². The van der Waals surface area contributed by atoms with E-state index in [1.807, 2.05) is 32.9 Å². The van der Waals surface area contributed by atoms with Crippen LogP contribution in [0.5, 0.6) is 5.75 Å². The van der Waals surface area contributed by atoms with Gasteiger partial charge in [0.15, 0.2) is 6.10 Å². The number of hydrogen-bond donors (Lipinski definition) is 1. The van der Waals surface area contributed by atoms with Crippen LogP contribution >= 0.6 is 0 Å². The van der Waals surface area contributed by atoms with Crippen LogP contribution in [0.3, 0.4) is 0 Å². The SMILES string of the molecule is CC[C@H](Oc1cccc(C)c1C)C(=O)N[C@@H](C)c1ccc(N2CCC[C@H](C)C2)cc1. The summed E-state index contributed by atoms with van der Waals surface area (Å²) in [5, 5.41) is 3.13. The highest BCUT2D eigenvalue weighted by molar-refractivity contribution is 5.81. The Morgan fingerprint density at radius 3 is 2.60 bits per heavy atom. The second kappa shape index (κ2) is 10.0. The molecule has 2 aromatic carbocycles. The molecule has 3 atom stereocenters. The van der Waals surface area contributed by atoms with E-state index in [0.29, 0.717) is 6.42 Å². The Morgan fingerprint density at radius 1 is 1.20 bits per heavy atom. The fourth-order valence-corrected chi connectivity index (χ4v) is 4.11. The van der Waals surface area contributed by atoms with Gasteiger partial charge in [0.1, 0.15) is 5.75 Å². The van der Waals surface area contributed by atoms with Crippen LogP contribution in [-0.2, 0) is 4.79 Å². The third kappa shape index (κ3) is 5.35. The van der Waals surface area contributed by atoms with Crippen LogP contribution < -0.4 is 15.0 Å². The van der Waals surface area contributed by atoms with Gasteiger partial charge in [0.2, 0.25) is 0 Å². The highest BCUT2D eigenvalue weighted by Crippen LogP contribution is 2.25. The standard InChI is InChI=1S/C26H36N2O2/c1-6-24(30-25-11-7-10-19(3)20(25)4)26(29)27-21(5)22-12-14-23(15-13-22)28-16-8-9-18(2)17-28/h7,10-15,18,21,24H,6,8-9,16-17H2,1-5H3,(H,27,29)/t18-,21-,24-/m0/s1. The lowest BCUT2D eigenvalue weighted by molar-refractivity contribution is -0.128. The molecule has 1 N–H and O–H groups in total. The number of anilines is 1. The fraction of sp³-hybridized carbons (Fsp3) is 0.500. The number of amides is 1. The van der Waals surface area contributed by atoms with Crippen molar-refractivity contribution in [3.8, 4) is 5.75 Å². The van der Waals surface area contributed by atoms with Gasteiger partial charge in [-0.2, -0.15) is 0 Å². The van der Waals surface area contributed by atoms with Crippen molar-refractivity contribution in [2.75, 3.05) is 18.0 Å². The van der Waals surface area contributed by atoms with Crippen LogP contribution in [0.2, 0.25) is 0 Å². The molecule has 0 radical (unpaired) electrons. The summed E-state index contributed by atoms with van der Waals surface area (Å²) in [5.74, 6) is 1.46. The average molecular weight is 409 g/mol. The molecule has 1 aliphatic rings. The second-order valence-electron chi connectivity index (χ2n) is 8.73. The van der Waals surface area contributed by atoms with E-state index >= 15 is 0 Å². The van der Waals surface area contributed by atoms with E-state index < -0.39 is 6.10 Å². The highest BCUT2D eigenvalue weighted by Gasteiger charge is 2.22. The Labute approximate surface area is 181 Å². The van der Waals surface area contributed by atoms with E-state index in [9.17, 15) is 4.79 Å². The van der Waals surface area contributed by atoms with Gasteiger partial charge < -0.3 is 15.0 Å². The molecular formula is C26H36N2O2. The third-order valence-corrected chi connectivity index (χ3v) is 6.26. The molecule has 3 rings (SSSR count). The molecule has 4 heteroatoms. The second-order valence-corrected chi connectivity index (χ2v) is 8.73. The fourth-order valence-electron chi connectivity index (χ4n) is 4.11. The summed E-state index contributed by atoms with van der Waals surface area (Å²) >= 11 is 0. The lowest BCUT2D eigenvalue weighted by Gasteiger charge is -2.33. The van der Waals surface area contributed by atoms with Gasteiger partial charge in [-0.1, -0.05) is 38.1 Å². The number of ether oxygens (including phenoxy) is 1. The monoisotopic (exact) mass is 408 g/mol. The van der Waals surface area contributed by atoms with Crippen LogP contribution in [0.15, 0.2) is 42.5 Å². The van der Waals surface area contributed by atoms with Gasteiger partial charge in [-0.15, -0.1) is 0 Å². The molecule has 1 aliphatic heterocycles. The number of nitrogens with zero attached hydrogens (tertiary/aromatic N) is 1. The van der Waals surface area contributed by atoms with E-state index in [1.54, 1.807) is 0 Å². The first-order chi connectivity index (χ1) is 14.4. The van der Waals surface area contributed by atoms with Gasteiger partial charge in [-0.25, -0.2) is 0 Å². The topological polar surface area (TPSA) is 41.6 Å². The van der Waals surface area contributed by atoms with Crippen LogP contribution in [0.4, 0.5) is 5.69 Å². The molecule has 0 spiro atoms. The van der Waals surface area contributed by atoms with Crippen LogP contribution in [-0.4, -0.2) is 25.1 Å². The average Bonchev–Trinajstić information content (AvgIpc) is 2.74. The van der Waals surface area contributed by atoms with Crippen LogP contribution in [0.1, 0.15) is 62.8 Å². The van der Waals surface area contributed by atoms with E-state index in [1.165, 1.54) is 24.1 Å². The summed E-state index contributed by atoms with van der Waals surface area (Å²) < 4.78 is 6.06. The number of carbonyl (C=O) groups is 1. The van der Waals surface area contributed by atoms with Gasteiger partial charge in [0.25, 0.3) is 5.91 Å². The number of aryl methyl sites for hydroxylation is 1. The summed E-state index contributed by atoms with van der Waals surface area (Å²) in [6, 6.07) is 14.5. The summed E-state index contributed by atoms with van der Waals surface area (Å²) in [7, 11) is 0. The van der Waals surface area contributed by atoms with Crippen LogP contribution in [0, 0.1) is 19.8 Å². The lowest BCUT2D eigenvalue weighted by atomic mass is 9.99. The minimum Gasteiger partial charge on any atom is -0.480 e. The molecule has 1 heterocycles. The molecule has 1 fully saturated rings. The Kier molecular flexibility index (Phi) is 7.41. The van der Waals surface area contributed by atoms with Crippen molar-refractivity contribution in [2.24, 2.45) is 5.92 Å². The first-order valence-corrected chi connectivity index (χ1v) is 11.3. The summed E-state index contributed by atoms with van der Waals surface area (Å²) in [6.07, 6.45) is 2.70. The molecule has 1 amide bonds. The quantitative estimate of drug-likeness (QED) is 0.651. The number of carbonyl (C=O) groups excluding carboxylic acids is 1. The molecule has 30 heavy (non-hydrogen) atoms. The third-order valence-electron chi connectivity index (χ3n) is 6.26. The number of benzene rings is 2. The Bertz CT molecular complexity index is 847. The summed E-state index contributed by atoms with van der Waals surface area (Å²) in [6.45, 7) is 12.7. The molecule has 0 bridgehead atoms. The van der Waals surface area contributed by atoms with Gasteiger partial charge in [-0.3, -0.25) is 4.79 Å². The Balaban J connectivity index is 1.61. The van der Waals surface area contributed by atoms with Crippen molar-refractivity contribution in [3.63, 3.8) is 0 Å². The largest absolute Gasteiger partial charge is 0.480 e. The van der Waals surface area contributed by atoms with E-state index in [0.717, 1.165) is 35.9 Å². The van der Waals surface area contributed by atoms with Crippen molar-refractivity contribution < 1.29 is 9.53 Å². The molecule has 1 saturated heterocycles. The number of piperidine rings is 1. The zero-order valence-corrected chi connectivity index (χ0v) is 19.1. The molecule has 2 aromatic rings. The van der Waals surface area contributed by atoms with Crippen molar-refractivity contribution in [3.05, 3.63) is 59.2 Å². The molecule has 0 aliphatic carbocycles. The molecular weight excluding hydrogens is 372 g/mol. The molecule has 162 valence electrons. The zero-order valence-electron chi connectivity index (χ0n) is 19.1. The maximum Gasteiger partial charge on any atom is 0.261 e.